The van der Waals surface area contributed by atoms with Crippen LogP contribution in [0.2, 0.25) is 0 Å². The van der Waals surface area contributed by atoms with Gasteiger partial charge >= 0.3 is 0 Å². The smallest absolute Gasteiger partial charge is 0.227 e. The zero-order valence-corrected chi connectivity index (χ0v) is 26.3. The van der Waals surface area contributed by atoms with Gasteiger partial charge in [-0.05, 0) is 120 Å². The topological polar surface area (TPSA) is 54.5 Å². The molecule has 3 aliphatic rings. The maximum atomic E-state index is 13.6. The van der Waals surface area contributed by atoms with Crippen LogP contribution in [0.25, 0.3) is 0 Å². The van der Waals surface area contributed by atoms with Crippen molar-refractivity contribution in [2.45, 2.75) is 82.8 Å². The normalized spacial score (nSPS) is 22.5. The van der Waals surface area contributed by atoms with Gasteiger partial charge in [0.25, 0.3) is 0 Å². The number of ether oxygens (including phenoxy) is 3. The molecule has 1 unspecified atom stereocenters. The van der Waals surface area contributed by atoms with E-state index in [0.717, 1.165) is 61.3 Å². The summed E-state index contributed by atoms with van der Waals surface area (Å²) in [5, 5.41) is 0. The maximum absolute atomic E-state index is 13.6. The number of hydrogen-bond acceptors (Lipinski definition) is 6. The van der Waals surface area contributed by atoms with Crippen LogP contribution >= 0.6 is 0 Å². The zero-order chi connectivity index (χ0) is 29.5. The molecule has 0 radical (unpaired) electrons. The molecule has 3 fully saturated rings. The fourth-order valence-corrected chi connectivity index (χ4v) is 7.29. The molecule has 5 rings (SSSR count). The average molecular weight is 578 g/mol. The molecule has 0 spiro atoms. The maximum Gasteiger partial charge on any atom is 0.227 e. The molecule has 3 aliphatic heterocycles. The number of methoxy groups -OCH3 is 2. The van der Waals surface area contributed by atoms with Crippen LogP contribution in [-0.2, 0) is 16.6 Å². The van der Waals surface area contributed by atoms with Gasteiger partial charge in [0.15, 0.2) is 11.5 Å². The lowest BCUT2D eigenvalue weighted by atomic mass is 9.76. The van der Waals surface area contributed by atoms with E-state index in [1.807, 2.05) is 44.2 Å². The molecule has 0 aromatic heterocycles. The Labute approximate surface area is 253 Å². The number of amides is 1. The van der Waals surface area contributed by atoms with Crippen LogP contribution in [0.15, 0.2) is 42.5 Å². The summed E-state index contributed by atoms with van der Waals surface area (Å²) in [7, 11) is 3.38. The molecule has 7 nitrogen and oxygen atoms in total. The van der Waals surface area contributed by atoms with Crippen LogP contribution in [0.3, 0.4) is 0 Å². The van der Waals surface area contributed by atoms with E-state index in [1.165, 1.54) is 63.8 Å². The molecule has 0 aliphatic carbocycles. The zero-order valence-electron chi connectivity index (χ0n) is 26.3. The van der Waals surface area contributed by atoms with E-state index in [-0.39, 0.29) is 17.4 Å². The minimum absolute atomic E-state index is 0.104. The first-order valence-corrected chi connectivity index (χ1v) is 16.1. The third-order valence-electron chi connectivity index (χ3n) is 9.70. The van der Waals surface area contributed by atoms with Gasteiger partial charge in [-0.15, -0.1) is 0 Å². The minimum Gasteiger partial charge on any atom is -0.493 e. The molecule has 0 saturated carbocycles. The van der Waals surface area contributed by atoms with Crippen LogP contribution in [0.4, 0.5) is 0 Å². The number of likely N-dealkylation sites (tertiary alicyclic amines) is 3. The van der Waals surface area contributed by atoms with E-state index in [0.29, 0.717) is 6.42 Å². The number of nitrogens with zero attached hydrogens (tertiary/aromatic N) is 3. The van der Waals surface area contributed by atoms with Gasteiger partial charge in [-0.2, -0.15) is 0 Å². The number of carbonyl (C=O) groups excluding carboxylic acids is 1. The quantitative estimate of drug-likeness (QED) is 0.349. The monoisotopic (exact) mass is 577 g/mol. The Hall–Kier alpha value is -2.77. The highest BCUT2D eigenvalue weighted by Gasteiger charge is 2.42. The van der Waals surface area contributed by atoms with Crippen molar-refractivity contribution in [3.63, 3.8) is 0 Å². The Morgan fingerprint density at radius 1 is 0.929 bits per heavy atom. The summed E-state index contributed by atoms with van der Waals surface area (Å²) in [6.45, 7) is 11.5. The second kappa shape index (κ2) is 14.1. The van der Waals surface area contributed by atoms with Gasteiger partial charge in [0.05, 0.1) is 26.7 Å². The Kier molecular flexibility index (Phi) is 10.3. The molecule has 230 valence electrons. The molecular formula is C35H51N3O4. The lowest BCUT2D eigenvalue weighted by molar-refractivity contribution is -0.129. The van der Waals surface area contributed by atoms with Crippen molar-refractivity contribution in [2.24, 2.45) is 0 Å². The van der Waals surface area contributed by atoms with Crippen molar-refractivity contribution in [3.8, 4) is 17.2 Å². The SMILES string of the molecule is COc1ccc(C2(CCN3CCC(N4CCCCC4)CC3)CCN(C(=O)Cc3cccc(OC(C)C)c3)C2)cc1OC. The molecule has 0 bridgehead atoms. The highest BCUT2D eigenvalue weighted by Crippen LogP contribution is 2.42. The van der Waals surface area contributed by atoms with E-state index in [2.05, 4.69) is 26.8 Å². The van der Waals surface area contributed by atoms with E-state index < -0.39 is 0 Å². The largest absolute Gasteiger partial charge is 0.493 e. The average Bonchev–Trinajstić information content (AvgIpc) is 3.46. The number of hydrogen-bond donors (Lipinski definition) is 0. The van der Waals surface area contributed by atoms with E-state index in [9.17, 15) is 4.79 Å². The first-order chi connectivity index (χ1) is 20.4. The third-order valence-corrected chi connectivity index (χ3v) is 9.70. The molecule has 0 N–H and O–H groups in total. The van der Waals surface area contributed by atoms with Crippen molar-refractivity contribution in [1.82, 2.24) is 14.7 Å². The van der Waals surface area contributed by atoms with Crippen molar-refractivity contribution < 1.29 is 19.0 Å². The van der Waals surface area contributed by atoms with Gasteiger partial charge in [-0.25, -0.2) is 0 Å². The first-order valence-electron chi connectivity index (χ1n) is 16.1. The van der Waals surface area contributed by atoms with Crippen LogP contribution in [0.5, 0.6) is 17.2 Å². The first kappa shape index (κ1) is 30.7. The molecule has 42 heavy (non-hydrogen) atoms. The van der Waals surface area contributed by atoms with Gasteiger partial charge in [0.1, 0.15) is 5.75 Å². The molecule has 3 heterocycles. The van der Waals surface area contributed by atoms with Gasteiger partial charge in [-0.3, -0.25) is 4.79 Å². The number of rotatable bonds is 11. The van der Waals surface area contributed by atoms with Crippen molar-refractivity contribution >= 4 is 5.91 Å². The summed E-state index contributed by atoms with van der Waals surface area (Å²) in [4.78, 5) is 21.1. The molecule has 1 atom stereocenters. The Bertz CT molecular complexity index is 1170. The molecular weight excluding hydrogens is 526 g/mol. The van der Waals surface area contributed by atoms with Gasteiger partial charge in [-0.1, -0.05) is 24.6 Å². The molecule has 2 aromatic rings. The third kappa shape index (κ3) is 7.41. The molecule has 2 aromatic carbocycles. The van der Waals surface area contributed by atoms with E-state index in [4.69, 9.17) is 14.2 Å². The fourth-order valence-electron chi connectivity index (χ4n) is 7.29. The fraction of sp³-hybridized carbons (Fsp3) is 0.629. The van der Waals surface area contributed by atoms with Gasteiger partial charge in [0, 0.05) is 24.5 Å². The second-order valence-electron chi connectivity index (χ2n) is 12.8. The summed E-state index contributed by atoms with van der Waals surface area (Å²) in [5.41, 5.74) is 2.13. The number of piperidine rings is 2. The highest BCUT2D eigenvalue weighted by atomic mass is 16.5. The molecule has 7 heteroatoms. The Morgan fingerprint density at radius 3 is 2.40 bits per heavy atom. The predicted molar refractivity (Wildman–Crippen MR) is 168 cm³/mol. The predicted octanol–water partition coefficient (Wildman–Crippen LogP) is 5.54. The number of carbonyl (C=O) groups is 1. The van der Waals surface area contributed by atoms with Crippen LogP contribution in [0.1, 0.15) is 69.9 Å². The van der Waals surface area contributed by atoms with Crippen molar-refractivity contribution in [2.75, 3.05) is 60.0 Å². The summed E-state index contributed by atoms with van der Waals surface area (Å²) >= 11 is 0. The summed E-state index contributed by atoms with van der Waals surface area (Å²) in [5.74, 6) is 2.50. The van der Waals surface area contributed by atoms with E-state index >= 15 is 0 Å². The lowest BCUT2D eigenvalue weighted by Crippen LogP contribution is -2.47. The Balaban J connectivity index is 1.27. The lowest BCUT2D eigenvalue weighted by Gasteiger charge is -2.41. The molecule has 1 amide bonds. The number of benzene rings is 2. The van der Waals surface area contributed by atoms with Crippen LogP contribution in [0, 0.1) is 0 Å². The second-order valence-corrected chi connectivity index (χ2v) is 12.8. The molecule has 3 saturated heterocycles. The van der Waals surface area contributed by atoms with Crippen molar-refractivity contribution in [3.05, 3.63) is 53.6 Å². The highest BCUT2D eigenvalue weighted by molar-refractivity contribution is 5.79. The van der Waals surface area contributed by atoms with E-state index in [1.54, 1.807) is 14.2 Å². The standard InChI is InChI=1S/C35H51N3O4/c1-27(2)42-31-10-8-9-28(23-31)24-34(39)38-22-16-35(26-38,29-11-12-32(40-3)33(25-29)41-4)15-21-36-19-13-30(14-20-36)37-17-6-5-7-18-37/h8-12,23,25,27,30H,5-7,13-22,24,26H2,1-4H3. The summed E-state index contributed by atoms with van der Waals surface area (Å²) in [6.07, 6.45) is 9.13. The van der Waals surface area contributed by atoms with Gasteiger partial charge in [0.2, 0.25) is 5.91 Å². The Morgan fingerprint density at radius 2 is 1.69 bits per heavy atom. The minimum atomic E-state index is -0.110. The van der Waals surface area contributed by atoms with Gasteiger partial charge < -0.3 is 28.9 Å². The summed E-state index contributed by atoms with van der Waals surface area (Å²) in [6, 6.07) is 15.1. The van der Waals surface area contributed by atoms with Crippen LogP contribution in [-0.4, -0.2) is 92.8 Å². The van der Waals surface area contributed by atoms with Crippen molar-refractivity contribution in [1.29, 1.82) is 0 Å². The van der Waals surface area contributed by atoms with Crippen LogP contribution < -0.4 is 14.2 Å². The summed E-state index contributed by atoms with van der Waals surface area (Å²) < 4.78 is 17.1.